The van der Waals surface area contributed by atoms with Gasteiger partial charge in [-0.25, -0.2) is 9.78 Å². The van der Waals surface area contributed by atoms with Gasteiger partial charge in [0.2, 0.25) is 0 Å². The number of carbonyl (C=O) groups excluding carboxylic acids is 1. The Morgan fingerprint density at radius 2 is 2.03 bits per heavy atom. The van der Waals surface area contributed by atoms with E-state index in [0.717, 1.165) is 24.9 Å². The second-order valence-electron chi connectivity index (χ2n) is 8.35. The molecule has 2 aromatic rings. The maximum Gasteiger partial charge on any atom is 0.348 e. The quantitative estimate of drug-likeness (QED) is 0.549. The molecule has 0 amide bonds. The highest BCUT2D eigenvalue weighted by Crippen LogP contribution is 2.32. The minimum atomic E-state index is -0.423. The molecule has 4 rings (SSSR count). The fourth-order valence-electron chi connectivity index (χ4n) is 4.94. The van der Waals surface area contributed by atoms with Crippen LogP contribution >= 0.6 is 11.3 Å². The normalized spacial score (nSPS) is 24.4. The number of carbonyl (C=O) groups is 1. The number of aromatic nitrogens is 2. The van der Waals surface area contributed by atoms with E-state index in [-0.39, 0.29) is 12.2 Å². The van der Waals surface area contributed by atoms with Gasteiger partial charge in [-0.1, -0.05) is 12.8 Å². The number of piperidine rings is 1. The minimum absolute atomic E-state index is 0.165. The Morgan fingerprint density at radius 3 is 2.83 bits per heavy atom. The number of H-pyrrole nitrogens is 1. The molecular weight excluding hydrogens is 390 g/mol. The van der Waals surface area contributed by atoms with E-state index in [1.807, 2.05) is 0 Å². The van der Waals surface area contributed by atoms with Gasteiger partial charge in [-0.2, -0.15) is 0 Å². The molecule has 0 spiro atoms. The van der Waals surface area contributed by atoms with Gasteiger partial charge in [0, 0.05) is 13.0 Å². The van der Waals surface area contributed by atoms with Gasteiger partial charge < -0.3 is 19.4 Å². The summed E-state index contributed by atoms with van der Waals surface area (Å²) in [5.74, 6) is 2.01. The predicted molar refractivity (Wildman–Crippen MR) is 112 cm³/mol. The van der Waals surface area contributed by atoms with Crippen molar-refractivity contribution in [2.75, 3.05) is 33.4 Å². The van der Waals surface area contributed by atoms with Crippen LogP contribution in [-0.4, -0.2) is 49.4 Å². The number of thiophene rings is 1. The molecule has 29 heavy (non-hydrogen) atoms. The summed E-state index contributed by atoms with van der Waals surface area (Å²) in [6.45, 7) is 5.37. The Hall–Kier alpha value is -1.77. The Morgan fingerprint density at radius 1 is 1.24 bits per heavy atom. The standard InChI is InChI=1S/C21H29N3O4S/c1-13-17-19(25)22-16(12-24-8-7-14-5-3-4-6-15(14)11-24)23-20(17)29-18(13)21(26)28-10-9-27-2/h14-15H,3-12H2,1-2H3,(H,22,23,25)/p+1/t14-,15-/m1/s1. The second kappa shape index (κ2) is 8.93. The Labute approximate surface area is 174 Å². The van der Waals surface area contributed by atoms with E-state index < -0.39 is 5.97 Å². The van der Waals surface area contributed by atoms with Gasteiger partial charge in [-0.3, -0.25) is 4.79 Å². The molecule has 158 valence electrons. The average Bonchev–Trinajstić information content (AvgIpc) is 3.05. The smallest absolute Gasteiger partial charge is 0.348 e. The molecule has 3 atom stereocenters. The summed E-state index contributed by atoms with van der Waals surface area (Å²) >= 11 is 1.24. The number of ether oxygens (including phenoxy) is 2. The van der Waals surface area contributed by atoms with E-state index in [9.17, 15) is 9.59 Å². The Balaban J connectivity index is 1.51. The Kier molecular flexibility index (Phi) is 6.32. The number of aromatic amines is 1. The van der Waals surface area contributed by atoms with Crippen LogP contribution in [-0.2, 0) is 16.0 Å². The van der Waals surface area contributed by atoms with Crippen molar-refractivity contribution in [2.45, 2.75) is 45.6 Å². The number of methoxy groups -OCH3 is 1. The number of aryl methyl sites for hydroxylation is 1. The Bertz CT molecular complexity index is 938. The first-order valence-corrected chi connectivity index (χ1v) is 11.4. The van der Waals surface area contributed by atoms with E-state index in [0.29, 0.717) is 33.1 Å². The van der Waals surface area contributed by atoms with Crippen LogP contribution in [0.25, 0.3) is 10.2 Å². The number of hydrogen-bond acceptors (Lipinski definition) is 6. The highest BCUT2D eigenvalue weighted by molar-refractivity contribution is 7.20. The van der Waals surface area contributed by atoms with Gasteiger partial charge in [-0.15, -0.1) is 11.3 Å². The molecule has 3 heterocycles. The minimum Gasteiger partial charge on any atom is -0.459 e. The lowest BCUT2D eigenvalue weighted by atomic mass is 9.75. The molecule has 1 unspecified atom stereocenters. The molecule has 0 aromatic carbocycles. The molecule has 8 heteroatoms. The van der Waals surface area contributed by atoms with Gasteiger partial charge >= 0.3 is 5.97 Å². The van der Waals surface area contributed by atoms with Gasteiger partial charge in [0.05, 0.1) is 25.1 Å². The molecule has 2 aliphatic rings. The molecular formula is C21H30N3O4S+. The summed E-state index contributed by atoms with van der Waals surface area (Å²) in [5.41, 5.74) is 0.477. The van der Waals surface area contributed by atoms with Gasteiger partial charge in [0.25, 0.3) is 5.56 Å². The summed E-state index contributed by atoms with van der Waals surface area (Å²) in [6.07, 6.45) is 6.75. The van der Waals surface area contributed by atoms with Crippen molar-refractivity contribution < 1.29 is 19.2 Å². The zero-order valence-electron chi connectivity index (χ0n) is 17.2. The van der Waals surface area contributed by atoms with E-state index in [1.165, 1.54) is 54.9 Å². The molecule has 2 aromatic heterocycles. The van der Waals surface area contributed by atoms with E-state index in [2.05, 4.69) is 4.98 Å². The third-order valence-electron chi connectivity index (χ3n) is 6.46. The molecule has 0 bridgehead atoms. The van der Waals surface area contributed by atoms with Crippen LogP contribution in [0, 0.1) is 18.8 Å². The van der Waals surface area contributed by atoms with Gasteiger partial charge in [0.15, 0.2) is 5.82 Å². The number of hydrogen-bond donors (Lipinski definition) is 2. The zero-order valence-corrected chi connectivity index (χ0v) is 18.0. The lowest BCUT2D eigenvalue weighted by Crippen LogP contribution is -3.12. The number of likely N-dealkylation sites (tertiary alicyclic amines) is 1. The van der Waals surface area contributed by atoms with Crippen LogP contribution in [0.1, 0.15) is 53.2 Å². The van der Waals surface area contributed by atoms with E-state index in [4.69, 9.17) is 14.5 Å². The van der Waals surface area contributed by atoms with Crippen molar-refractivity contribution >= 4 is 27.5 Å². The summed E-state index contributed by atoms with van der Waals surface area (Å²) < 4.78 is 10.1. The number of fused-ring (bicyclic) bond motifs is 2. The maximum absolute atomic E-state index is 12.7. The highest BCUT2D eigenvalue weighted by Gasteiger charge is 2.34. The monoisotopic (exact) mass is 420 g/mol. The van der Waals surface area contributed by atoms with Crippen LogP contribution in [0.2, 0.25) is 0 Å². The molecule has 1 aliphatic heterocycles. The molecule has 7 nitrogen and oxygen atoms in total. The molecule has 1 saturated heterocycles. The average molecular weight is 421 g/mol. The van der Waals surface area contributed by atoms with Crippen molar-refractivity contribution in [3.8, 4) is 0 Å². The van der Waals surface area contributed by atoms with Crippen LogP contribution in [0.3, 0.4) is 0 Å². The molecule has 1 aliphatic carbocycles. The van der Waals surface area contributed by atoms with E-state index >= 15 is 0 Å². The third kappa shape index (κ3) is 4.39. The first kappa shape index (κ1) is 20.5. The number of rotatable bonds is 6. The maximum atomic E-state index is 12.7. The number of esters is 1. The molecule has 1 saturated carbocycles. The highest BCUT2D eigenvalue weighted by atomic mass is 32.1. The van der Waals surface area contributed by atoms with Crippen molar-refractivity contribution in [1.82, 2.24) is 9.97 Å². The molecule has 0 radical (unpaired) electrons. The van der Waals surface area contributed by atoms with Crippen molar-refractivity contribution in [1.29, 1.82) is 0 Å². The number of nitrogens with zero attached hydrogens (tertiary/aromatic N) is 1. The summed E-state index contributed by atoms with van der Waals surface area (Å²) in [4.78, 5) is 35.3. The molecule has 2 N–H and O–H groups in total. The number of nitrogens with one attached hydrogen (secondary N) is 2. The lowest BCUT2D eigenvalue weighted by Gasteiger charge is -2.38. The first-order valence-electron chi connectivity index (χ1n) is 10.6. The second-order valence-corrected chi connectivity index (χ2v) is 9.35. The van der Waals surface area contributed by atoms with Crippen LogP contribution in [0.15, 0.2) is 4.79 Å². The summed E-state index contributed by atoms with van der Waals surface area (Å²) in [6, 6.07) is 0. The summed E-state index contributed by atoms with van der Waals surface area (Å²) in [5, 5.41) is 0.499. The third-order valence-corrected chi connectivity index (χ3v) is 7.62. The van der Waals surface area contributed by atoms with Crippen LogP contribution in [0.4, 0.5) is 0 Å². The van der Waals surface area contributed by atoms with Gasteiger partial charge in [-0.05, 0) is 37.7 Å². The van der Waals surface area contributed by atoms with Gasteiger partial charge in [0.1, 0.15) is 22.9 Å². The fourth-order valence-corrected chi connectivity index (χ4v) is 6.04. The zero-order chi connectivity index (χ0) is 20.4. The number of quaternary nitrogens is 1. The topological polar surface area (TPSA) is 85.7 Å². The largest absolute Gasteiger partial charge is 0.459 e. The van der Waals surface area contributed by atoms with Crippen molar-refractivity contribution in [3.63, 3.8) is 0 Å². The predicted octanol–water partition coefficient (Wildman–Crippen LogP) is 1.69. The summed E-state index contributed by atoms with van der Waals surface area (Å²) in [7, 11) is 1.56. The van der Waals surface area contributed by atoms with Crippen molar-refractivity contribution in [2.24, 2.45) is 11.8 Å². The molecule has 2 fully saturated rings. The SMILES string of the molecule is COCCOC(=O)c1sc2nc(C[NH+]3CC[C@H]4CCCC[C@@H]4C3)[nH]c(=O)c2c1C. The van der Waals surface area contributed by atoms with E-state index in [1.54, 1.807) is 14.0 Å². The lowest BCUT2D eigenvalue weighted by molar-refractivity contribution is -0.924. The first-order chi connectivity index (χ1) is 14.1. The van der Waals surface area contributed by atoms with Crippen LogP contribution < -0.4 is 10.5 Å². The van der Waals surface area contributed by atoms with Crippen LogP contribution in [0.5, 0.6) is 0 Å². The fraction of sp³-hybridized carbons (Fsp3) is 0.667. The van der Waals surface area contributed by atoms with Crippen molar-refractivity contribution in [3.05, 3.63) is 26.6 Å².